The summed E-state index contributed by atoms with van der Waals surface area (Å²) in [7, 11) is 1.94. The van der Waals surface area contributed by atoms with E-state index in [1.165, 1.54) is 25.7 Å². The fourth-order valence-electron chi connectivity index (χ4n) is 6.18. The van der Waals surface area contributed by atoms with E-state index in [1.807, 2.05) is 29.8 Å². The Labute approximate surface area is 172 Å². The monoisotopic (exact) mass is 404 g/mol. The molecule has 3 saturated heterocycles. The molecule has 4 atom stereocenters. The second kappa shape index (κ2) is 7.35. The number of hydrogen-bond acceptors (Lipinski definition) is 4. The van der Waals surface area contributed by atoms with E-state index in [4.69, 9.17) is 4.74 Å². The lowest BCUT2D eigenvalue weighted by Crippen LogP contribution is -2.49. The van der Waals surface area contributed by atoms with Gasteiger partial charge in [-0.25, -0.2) is 0 Å². The predicted octanol–water partition coefficient (Wildman–Crippen LogP) is 2.85. The third kappa shape index (κ3) is 2.94. The lowest BCUT2D eigenvalue weighted by molar-refractivity contribution is -0.144. The van der Waals surface area contributed by atoms with E-state index in [1.54, 1.807) is 0 Å². The summed E-state index contributed by atoms with van der Waals surface area (Å²) in [6.45, 7) is 0.641. The van der Waals surface area contributed by atoms with Crippen molar-refractivity contribution in [2.24, 2.45) is 11.8 Å². The van der Waals surface area contributed by atoms with Gasteiger partial charge in [-0.1, -0.05) is 37.8 Å². The molecule has 4 fully saturated rings. The summed E-state index contributed by atoms with van der Waals surface area (Å²) in [5.41, 5.74) is -0.558. The Morgan fingerprint density at radius 1 is 1.18 bits per heavy atom. The fourth-order valence-corrected chi connectivity index (χ4v) is 7.26. The first kappa shape index (κ1) is 19.0. The molecule has 0 aromatic carbocycles. The maximum atomic E-state index is 13.5. The van der Waals surface area contributed by atoms with Gasteiger partial charge in [-0.2, -0.15) is 11.8 Å². The van der Waals surface area contributed by atoms with Gasteiger partial charge >= 0.3 is 0 Å². The molecule has 4 aliphatic heterocycles. The lowest BCUT2D eigenvalue weighted by atomic mass is 9.76. The molecule has 1 aliphatic carbocycles. The molecule has 1 saturated carbocycles. The average molecular weight is 405 g/mol. The molecular weight excluding hydrogens is 372 g/mol. The van der Waals surface area contributed by atoms with Crippen LogP contribution in [0.5, 0.6) is 0 Å². The molecule has 1 spiro atoms. The Morgan fingerprint density at radius 2 is 1.89 bits per heavy atom. The SMILES string of the molecule is CN(C(=O)C1C2C(=O)N(C3CCCCCC3)C[C@]23C=C[C@H]1O3)C1CCSCC1. The number of fused-ring (bicyclic) bond motifs is 1. The molecule has 28 heavy (non-hydrogen) atoms. The van der Waals surface area contributed by atoms with Crippen molar-refractivity contribution in [1.82, 2.24) is 9.80 Å². The maximum Gasteiger partial charge on any atom is 0.230 e. The molecule has 4 heterocycles. The molecule has 5 aliphatic rings. The van der Waals surface area contributed by atoms with Gasteiger partial charge in [0.05, 0.1) is 24.5 Å². The zero-order valence-corrected chi connectivity index (χ0v) is 17.7. The van der Waals surface area contributed by atoms with Gasteiger partial charge in [-0.3, -0.25) is 9.59 Å². The summed E-state index contributed by atoms with van der Waals surface area (Å²) < 4.78 is 6.35. The van der Waals surface area contributed by atoms with Crippen LogP contribution in [0.2, 0.25) is 0 Å². The Balaban J connectivity index is 1.37. The minimum absolute atomic E-state index is 0.120. The van der Waals surface area contributed by atoms with E-state index < -0.39 is 5.60 Å². The van der Waals surface area contributed by atoms with Gasteiger partial charge in [-0.05, 0) is 37.2 Å². The third-order valence-electron chi connectivity index (χ3n) is 7.77. The first-order valence-corrected chi connectivity index (χ1v) is 12.3. The Kier molecular flexibility index (Phi) is 4.98. The first-order valence-electron chi connectivity index (χ1n) is 11.1. The molecule has 0 N–H and O–H groups in total. The van der Waals surface area contributed by atoms with Gasteiger partial charge < -0.3 is 14.5 Å². The van der Waals surface area contributed by atoms with Crippen LogP contribution in [0, 0.1) is 11.8 Å². The highest BCUT2D eigenvalue weighted by Gasteiger charge is 2.67. The van der Waals surface area contributed by atoms with Crippen molar-refractivity contribution in [2.75, 3.05) is 25.1 Å². The minimum atomic E-state index is -0.558. The van der Waals surface area contributed by atoms with Gasteiger partial charge in [0, 0.05) is 19.1 Å². The molecule has 2 amide bonds. The predicted molar refractivity (Wildman–Crippen MR) is 110 cm³/mol. The number of carbonyl (C=O) groups excluding carboxylic acids is 2. The van der Waals surface area contributed by atoms with Crippen molar-refractivity contribution in [3.63, 3.8) is 0 Å². The molecule has 0 radical (unpaired) electrons. The number of thioether (sulfide) groups is 1. The standard InChI is InChI=1S/C22H32N2O3S/c1-23(15-9-12-28-13-10-15)20(25)18-17-8-11-22(27-17)14-24(21(26)19(18)22)16-6-4-2-3-5-7-16/h8,11,15-19H,2-7,9-10,12-14H2,1H3/t17-,18?,19?,22-/m1/s1. The molecule has 2 bridgehead atoms. The second-order valence-electron chi connectivity index (χ2n) is 9.30. The normalized spacial score (nSPS) is 38.7. The number of rotatable bonds is 3. The van der Waals surface area contributed by atoms with E-state index in [0.717, 1.165) is 37.2 Å². The zero-order chi connectivity index (χ0) is 19.3. The lowest BCUT2D eigenvalue weighted by Gasteiger charge is -2.35. The van der Waals surface area contributed by atoms with E-state index in [2.05, 4.69) is 11.0 Å². The van der Waals surface area contributed by atoms with Crippen molar-refractivity contribution in [2.45, 2.75) is 75.2 Å². The molecule has 154 valence electrons. The van der Waals surface area contributed by atoms with Crippen LogP contribution in [0.1, 0.15) is 51.4 Å². The largest absolute Gasteiger partial charge is 0.360 e. The zero-order valence-electron chi connectivity index (χ0n) is 16.8. The smallest absolute Gasteiger partial charge is 0.230 e. The van der Waals surface area contributed by atoms with E-state index >= 15 is 0 Å². The summed E-state index contributed by atoms with van der Waals surface area (Å²) in [5, 5.41) is 0. The van der Waals surface area contributed by atoms with Crippen LogP contribution in [0.25, 0.3) is 0 Å². The van der Waals surface area contributed by atoms with Crippen molar-refractivity contribution in [3.05, 3.63) is 12.2 Å². The van der Waals surface area contributed by atoms with Crippen LogP contribution in [0.15, 0.2) is 12.2 Å². The first-order chi connectivity index (χ1) is 13.6. The molecule has 0 aromatic rings. The van der Waals surface area contributed by atoms with Crippen LogP contribution < -0.4 is 0 Å². The quantitative estimate of drug-likeness (QED) is 0.536. The Bertz CT molecular complexity index is 669. The van der Waals surface area contributed by atoms with Gasteiger partial charge in [0.25, 0.3) is 0 Å². The number of likely N-dealkylation sites (tertiary alicyclic amines) is 1. The number of nitrogens with zero attached hydrogens (tertiary/aromatic N) is 2. The van der Waals surface area contributed by atoms with Gasteiger partial charge in [0.1, 0.15) is 5.60 Å². The number of hydrogen-bond donors (Lipinski definition) is 0. The highest BCUT2D eigenvalue weighted by Crippen LogP contribution is 2.53. The summed E-state index contributed by atoms with van der Waals surface area (Å²) in [6.07, 6.45) is 13.2. The number of ether oxygens (including phenoxy) is 1. The summed E-state index contributed by atoms with van der Waals surface area (Å²) in [5.74, 6) is 1.87. The molecular formula is C22H32N2O3S. The van der Waals surface area contributed by atoms with E-state index in [9.17, 15) is 9.59 Å². The van der Waals surface area contributed by atoms with E-state index in [-0.39, 0.29) is 29.8 Å². The van der Waals surface area contributed by atoms with Crippen molar-refractivity contribution in [1.29, 1.82) is 0 Å². The van der Waals surface area contributed by atoms with Gasteiger partial charge in [-0.15, -0.1) is 0 Å². The second-order valence-corrected chi connectivity index (χ2v) is 10.5. The highest BCUT2D eigenvalue weighted by molar-refractivity contribution is 7.99. The van der Waals surface area contributed by atoms with Crippen LogP contribution in [0.3, 0.4) is 0 Å². The van der Waals surface area contributed by atoms with Gasteiger partial charge in [0.2, 0.25) is 11.8 Å². The minimum Gasteiger partial charge on any atom is -0.360 e. The van der Waals surface area contributed by atoms with Gasteiger partial charge in [0.15, 0.2) is 0 Å². The molecule has 2 unspecified atom stereocenters. The molecule has 5 rings (SSSR count). The van der Waals surface area contributed by atoms with Crippen LogP contribution in [-0.4, -0.2) is 70.5 Å². The summed E-state index contributed by atoms with van der Waals surface area (Å²) in [4.78, 5) is 31.1. The highest BCUT2D eigenvalue weighted by atomic mass is 32.2. The molecule has 6 heteroatoms. The van der Waals surface area contributed by atoms with Crippen molar-refractivity contribution in [3.8, 4) is 0 Å². The maximum absolute atomic E-state index is 13.5. The summed E-state index contributed by atoms with van der Waals surface area (Å²) in [6, 6.07) is 0.636. The van der Waals surface area contributed by atoms with Crippen molar-refractivity contribution >= 4 is 23.6 Å². The average Bonchev–Trinajstić information content (AvgIpc) is 3.27. The van der Waals surface area contributed by atoms with Crippen LogP contribution >= 0.6 is 11.8 Å². The molecule has 0 aromatic heterocycles. The Hall–Kier alpha value is -1.01. The third-order valence-corrected chi connectivity index (χ3v) is 8.82. The fraction of sp³-hybridized carbons (Fsp3) is 0.818. The molecule has 5 nitrogen and oxygen atoms in total. The topological polar surface area (TPSA) is 49.9 Å². The number of carbonyl (C=O) groups is 2. The Morgan fingerprint density at radius 3 is 2.61 bits per heavy atom. The van der Waals surface area contributed by atoms with Crippen LogP contribution in [-0.2, 0) is 14.3 Å². The van der Waals surface area contributed by atoms with Crippen LogP contribution in [0.4, 0.5) is 0 Å². The summed E-state index contributed by atoms with van der Waals surface area (Å²) >= 11 is 1.97. The number of amides is 2. The van der Waals surface area contributed by atoms with Crippen molar-refractivity contribution < 1.29 is 14.3 Å². The van der Waals surface area contributed by atoms with E-state index in [0.29, 0.717) is 18.6 Å².